The van der Waals surface area contributed by atoms with Gasteiger partial charge >= 0.3 is 5.97 Å². The first-order chi connectivity index (χ1) is 10.0. The molecule has 2 aromatic rings. The van der Waals surface area contributed by atoms with Crippen molar-refractivity contribution < 1.29 is 9.90 Å². The molecule has 0 atom stereocenters. The molecule has 1 aromatic carbocycles. The van der Waals surface area contributed by atoms with Gasteiger partial charge in [-0.2, -0.15) is 0 Å². The van der Waals surface area contributed by atoms with Crippen LogP contribution in [0.5, 0.6) is 0 Å². The molecule has 2 rings (SSSR count). The Morgan fingerprint density at radius 3 is 2.67 bits per heavy atom. The van der Waals surface area contributed by atoms with Crippen molar-refractivity contribution in [3.8, 4) is 0 Å². The lowest BCUT2D eigenvalue weighted by Crippen LogP contribution is -2.32. The fraction of sp³-hybridized carbons (Fsp3) is 0.471. The second-order valence-electron chi connectivity index (χ2n) is 5.67. The third-order valence-corrected chi connectivity index (χ3v) is 3.93. The predicted octanol–water partition coefficient (Wildman–Crippen LogP) is 3.35. The Labute approximate surface area is 126 Å². The Hall–Kier alpha value is -1.81. The molecule has 21 heavy (non-hydrogen) atoms. The van der Waals surface area contributed by atoms with Gasteiger partial charge < -0.3 is 9.67 Å². The number of benzene rings is 1. The minimum atomic E-state index is -0.739. The molecule has 0 unspecified atom stereocenters. The maximum absolute atomic E-state index is 10.8. The number of rotatable bonds is 7. The molecule has 0 saturated carbocycles. The number of aryl methyl sites for hydroxylation is 1. The maximum atomic E-state index is 10.8. The molecule has 1 N–H and O–H groups in total. The van der Waals surface area contributed by atoms with Crippen molar-refractivity contribution in [1.82, 2.24) is 9.47 Å². The Morgan fingerprint density at radius 2 is 2.05 bits per heavy atom. The van der Waals surface area contributed by atoms with E-state index in [-0.39, 0.29) is 6.42 Å². The number of carbonyl (C=O) groups is 1. The Morgan fingerprint density at radius 1 is 1.33 bits per heavy atom. The van der Waals surface area contributed by atoms with Crippen LogP contribution in [0.15, 0.2) is 30.5 Å². The van der Waals surface area contributed by atoms with E-state index in [1.807, 2.05) is 0 Å². The van der Waals surface area contributed by atoms with Gasteiger partial charge in [-0.3, -0.25) is 9.69 Å². The van der Waals surface area contributed by atoms with Crippen molar-refractivity contribution in [3.63, 3.8) is 0 Å². The zero-order valence-electron chi connectivity index (χ0n) is 13.0. The normalized spacial score (nSPS) is 11.7. The van der Waals surface area contributed by atoms with Gasteiger partial charge in [-0.1, -0.05) is 18.2 Å². The standard InChI is InChI=1S/C17H24N2O2/c1-4-18-11-14(15-7-5-6-8-16(15)18)12-19(13(2)3)10-9-17(20)21/h5-8,11,13H,4,9-10,12H2,1-3H3,(H,20,21). The van der Waals surface area contributed by atoms with E-state index in [4.69, 9.17) is 5.11 Å². The molecule has 1 aromatic heterocycles. The molecular weight excluding hydrogens is 264 g/mol. The minimum Gasteiger partial charge on any atom is -0.481 e. The molecule has 114 valence electrons. The average molecular weight is 288 g/mol. The summed E-state index contributed by atoms with van der Waals surface area (Å²) in [5, 5.41) is 10.2. The van der Waals surface area contributed by atoms with Gasteiger partial charge in [-0.15, -0.1) is 0 Å². The molecule has 0 bridgehead atoms. The van der Waals surface area contributed by atoms with E-state index >= 15 is 0 Å². The van der Waals surface area contributed by atoms with Gasteiger partial charge in [-0.25, -0.2) is 0 Å². The molecule has 0 saturated heterocycles. The Balaban J connectivity index is 2.26. The third-order valence-electron chi connectivity index (χ3n) is 3.93. The van der Waals surface area contributed by atoms with Crippen molar-refractivity contribution in [2.75, 3.05) is 6.54 Å². The summed E-state index contributed by atoms with van der Waals surface area (Å²) in [6.07, 6.45) is 2.38. The number of hydrogen-bond acceptors (Lipinski definition) is 2. The van der Waals surface area contributed by atoms with Crippen molar-refractivity contribution >= 4 is 16.9 Å². The number of carboxylic acid groups (broad SMARTS) is 1. The quantitative estimate of drug-likeness (QED) is 0.850. The second kappa shape index (κ2) is 6.76. The van der Waals surface area contributed by atoms with E-state index in [2.05, 4.69) is 60.7 Å². The molecule has 0 aliphatic rings. The molecule has 0 radical (unpaired) electrons. The molecule has 1 heterocycles. The molecule has 0 amide bonds. The van der Waals surface area contributed by atoms with Crippen molar-refractivity contribution in [2.24, 2.45) is 0 Å². The van der Waals surface area contributed by atoms with Crippen LogP contribution in [-0.4, -0.2) is 33.1 Å². The highest BCUT2D eigenvalue weighted by Gasteiger charge is 2.15. The Kier molecular flexibility index (Phi) is 5.02. The maximum Gasteiger partial charge on any atom is 0.304 e. The smallest absolute Gasteiger partial charge is 0.304 e. The van der Waals surface area contributed by atoms with E-state index in [1.165, 1.54) is 16.5 Å². The fourth-order valence-electron chi connectivity index (χ4n) is 2.69. The number of nitrogens with zero attached hydrogens (tertiary/aromatic N) is 2. The molecule has 0 spiro atoms. The number of fused-ring (bicyclic) bond motifs is 1. The van der Waals surface area contributed by atoms with Crippen LogP contribution in [0.1, 0.15) is 32.8 Å². The highest BCUT2D eigenvalue weighted by atomic mass is 16.4. The van der Waals surface area contributed by atoms with E-state index in [0.717, 1.165) is 13.1 Å². The van der Waals surface area contributed by atoms with Gasteiger partial charge in [0.1, 0.15) is 0 Å². The number of hydrogen-bond donors (Lipinski definition) is 1. The van der Waals surface area contributed by atoms with Crippen LogP contribution in [0.4, 0.5) is 0 Å². The summed E-state index contributed by atoms with van der Waals surface area (Å²) < 4.78 is 2.25. The first-order valence-electron chi connectivity index (χ1n) is 7.55. The lowest BCUT2D eigenvalue weighted by atomic mass is 10.1. The Bertz CT molecular complexity index is 616. The highest BCUT2D eigenvalue weighted by Crippen LogP contribution is 2.23. The molecule has 4 nitrogen and oxygen atoms in total. The van der Waals surface area contributed by atoms with E-state index < -0.39 is 5.97 Å². The number of aromatic nitrogens is 1. The molecule has 0 fully saturated rings. The SMILES string of the molecule is CCn1cc(CN(CCC(=O)O)C(C)C)c2ccccc21. The number of para-hydroxylation sites is 1. The lowest BCUT2D eigenvalue weighted by molar-refractivity contribution is -0.137. The van der Waals surface area contributed by atoms with Crippen LogP contribution in [0.3, 0.4) is 0 Å². The van der Waals surface area contributed by atoms with Crippen LogP contribution in [0.2, 0.25) is 0 Å². The number of aliphatic carboxylic acids is 1. The number of carboxylic acids is 1. The van der Waals surface area contributed by atoms with Crippen LogP contribution in [0, 0.1) is 0 Å². The highest BCUT2D eigenvalue weighted by molar-refractivity contribution is 5.83. The molecule has 4 heteroatoms. The largest absolute Gasteiger partial charge is 0.481 e. The topological polar surface area (TPSA) is 45.5 Å². The van der Waals surface area contributed by atoms with Crippen LogP contribution in [-0.2, 0) is 17.9 Å². The summed E-state index contributed by atoms with van der Waals surface area (Å²) in [5.41, 5.74) is 2.52. The summed E-state index contributed by atoms with van der Waals surface area (Å²) in [4.78, 5) is 13.0. The first-order valence-corrected chi connectivity index (χ1v) is 7.55. The van der Waals surface area contributed by atoms with Crippen molar-refractivity contribution in [1.29, 1.82) is 0 Å². The van der Waals surface area contributed by atoms with Gasteiger partial charge in [0.05, 0.1) is 6.42 Å². The summed E-state index contributed by atoms with van der Waals surface area (Å²) in [5.74, 6) is -0.739. The molecule has 0 aliphatic heterocycles. The third kappa shape index (κ3) is 3.64. The summed E-state index contributed by atoms with van der Waals surface area (Å²) >= 11 is 0. The van der Waals surface area contributed by atoms with E-state index in [9.17, 15) is 4.79 Å². The van der Waals surface area contributed by atoms with Gasteiger partial charge in [-0.05, 0) is 32.4 Å². The predicted molar refractivity (Wildman–Crippen MR) is 85.4 cm³/mol. The minimum absolute atomic E-state index is 0.185. The van der Waals surface area contributed by atoms with Gasteiger partial charge in [0.25, 0.3) is 0 Å². The van der Waals surface area contributed by atoms with E-state index in [0.29, 0.717) is 12.6 Å². The van der Waals surface area contributed by atoms with Crippen LogP contribution in [0.25, 0.3) is 10.9 Å². The van der Waals surface area contributed by atoms with Gasteiger partial charge in [0, 0.05) is 42.8 Å². The van der Waals surface area contributed by atoms with Gasteiger partial charge in [0.2, 0.25) is 0 Å². The van der Waals surface area contributed by atoms with Crippen LogP contribution >= 0.6 is 0 Å². The molecule has 0 aliphatic carbocycles. The summed E-state index contributed by atoms with van der Waals surface area (Å²) in [7, 11) is 0. The monoisotopic (exact) mass is 288 g/mol. The van der Waals surface area contributed by atoms with Crippen molar-refractivity contribution in [3.05, 3.63) is 36.0 Å². The zero-order valence-corrected chi connectivity index (χ0v) is 13.0. The summed E-state index contributed by atoms with van der Waals surface area (Å²) in [6, 6.07) is 8.73. The van der Waals surface area contributed by atoms with Crippen LogP contribution < -0.4 is 0 Å². The average Bonchev–Trinajstić information content (AvgIpc) is 2.81. The van der Waals surface area contributed by atoms with Crippen molar-refractivity contribution in [2.45, 2.75) is 46.3 Å². The van der Waals surface area contributed by atoms with Gasteiger partial charge in [0.15, 0.2) is 0 Å². The molecular formula is C17H24N2O2. The lowest BCUT2D eigenvalue weighted by Gasteiger charge is -2.25. The van der Waals surface area contributed by atoms with E-state index in [1.54, 1.807) is 0 Å². The fourth-order valence-corrected chi connectivity index (χ4v) is 2.69. The summed E-state index contributed by atoms with van der Waals surface area (Å²) in [6.45, 7) is 8.68. The first kappa shape index (κ1) is 15.6. The zero-order chi connectivity index (χ0) is 15.4. The second-order valence-corrected chi connectivity index (χ2v) is 5.67.